The number of piperidine rings is 3. The molecule has 9 rings (SSSR count). The lowest BCUT2D eigenvalue weighted by Crippen LogP contribution is -2.47. The Labute approximate surface area is 846 Å². The Bertz CT molecular complexity index is 3600. The highest BCUT2D eigenvalue weighted by molar-refractivity contribution is 5.81. The van der Waals surface area contributed by atoms with Crippen molar-refractivity contribution in [3.63, 3.8) is 0 Å². The monoisotopic (exact) mass is 1970 g/mol. The van der Waals surface area contributed by atoms with E-state index in [1.165, 1.54) is 12.8 Å². The Morgan fingerprint density at radius 2 is 0.669 bits per heavy atom. The predicted octanol–water partition coefficient (Wildman–Crippen LogP) is 18.2. The van der Waals surface area contributed by atoms with Gasteiger partial charge in [-0.1, -0.05) is 208 Å². The largest absolute Gasteiger partial charge is 0.444 e. The van der Waals surface area contributed by atoms with Crippen LogP contribution in [-0.2, 0) is 57.4 Å². The summed E-state index contributed by atoms with van der Waals surface area (Å²) in [7, 11) is 3.83. The van der Waals surface area contributed by atoms with E-state index in [9.17, 15) is 52.7 Å². The maximum Gasteiger partial charge on any atom is 0.407 e. The molecule has 4 N–H and O–H groups in total. The highest BCUT2D eigenvalue weighted by Crippen LogP contribution is 2.34. The molecular formula is C110H208N14O15. The van der Waals surface area contributed by atoms with Gasteiger partial charge >= 0.3 is 12.2 Å². The third-order valence-electron chi connectivity index (χ3n) is 23.9. The number of carbonyl (C=O) groups is 11. The molecule has 9 aliphatic heterocycles. The fourth-order valence-corrected chi connectivity index (χ4v) is 16.9. The SMILES string of the molecule is CC(C)(C)CC(=O)N1CCC(C)(C)C1.CC(C)(C)CC(=O)N1CCCC(CO)C1.CC(C)(C)CC(=O)N1CCCC1C#N.CC(C)(C)CC(=O)N1CCNCC1.CC(C)(C)CC(=O)N1CC[C@@H](NC(=O)OC(C)(C)C)C1.CC(C)(C)CC(=O)N1CC[C@H](NC(=O)OC(C)(C)C)C1.CC1CCCN(C(=O)CC(C)(C)C)C1.CN1CCN(C(=O)CC(C)(C)C)CC1.COC1CCCN(C(=O)CC(C)(C)C)C1. The summed E-state index contributed by atoms with van der Waals surface area (Å²) in [5.41, 5.74) is -0.0616. The van der Waals surface area contributed by atoms with Crippen LogP contribution >= 0.6 is 0 Å². The van der Waals surface area contributed by atoms with Gasteiger partial charge in [0.2, 0.25) is 53.2 Å². The number of rotatable bonds is 13. The third kappa shape index (κ3) is 63.8. The third-order valence-corrected chi connectivity index (χ3v) is 23.9. The van der Waals surface area contributed by atoms with Crippen LogP contribution in [0.25, 0.3) is 0 Å². The Balaban J connectivity index is 0.000000785. The van der Waals surface area contributed by atoms with E-state index < -0.39 is 23.4 Å². The summed E-state index contributed by atoms with van der Waals surface area (Å²) in [5.74, 6) is 3.20. The normalized spacial score (nSPS) is 21.2. The molecule has 0 bridgehead atoms. The van der Waals surface area contributed by atoms with Crippen molar-refractivity contribution < 1.29 is 72.1 Å². The molecule has 11 amide bonds. The van der Waals surface area contributed by atoms with Gasteiger partial charge in [-0.05, 0) is 185 Å². The number of aliphatic hydroxyl groups is 1. The Morgan fingerprint density at radius 1 is 0.360 bits per heavy atom. The van der Waals surface area contributed by atoms with Gasteiger partial charge in [-0.25, -0.2) is 9.59 Å². The molecule has 9 aliphatic rings. The van der Waals surface area contributed by atoms with Crippen molar-refractivity contribution in [2.45, 2.75) is 413 Å². The van der Waals surface area contributed by atoms with Crippen LogP contribution in [-0.4, -0.2) is 313 Å². The van der Waals surface area contributed by atoms with Gasteiger partial charge in [0.05, 0.1) is 24.3 Å². The van der Waals surface area contributed by atoms with Crippen LogP contribution in [0.2, 0.25) is 0 Å². The van der Waals surface area contributed by atoms with Crippen molar-refractivity contribution in [3.8, 4) is 6.07 Å². The average molecular weight is 1970 g/mol. The van der Waals surface area contributed by atoms with Crippen LogP contribution in [0.4, 0.5) is 9.59 Å². The molecule has 9 heterocycles. The summed E-state index contributed by atoms with van der Waals surface area (Å²) in [6.45, 7) is 92.1. The first kappa shape index (κ1) is 130. The van der Waals surface area contributed by atoms with E-state index in [1.54, 1.807) is 12.0 Å². The number of hydrogen-bond donors (Lipinski definition) is 4. The molecular weight excluding hydrogens is 1760 g/mol. The molecule has 0 aromatic carbocycles. The maximum absolute atomic E-state index is 12.1. The van der Waals surface area contributed by atoms with Crippen molar-refractivity contribution in [2.24, 2.45) is 66.0 Å². The summed E-state index contributed by atoms with van der Waals surface area (Å²) in [4.78, 5) is 150. The lowest BCUT2D eigenvalue weighted by Gasteiger charge is -2.34. The zero-order valence-electron chi connectivity index (χ0n) is 95.7. The zero-order valence-corrected chi connectivity index (χ0v) is 95.7. The lowest BCUT2D eigenvalue weighted by atomic mass is 9.90. The Hall–Kier alpha value is -6.90. The van der Waals surface area contributed by atoms with E-state index in [0.29, 0.717) is 125 Å². The minimum absolute atomic E-state index is 0.00577. The summed E-state index contributed by atoms with van der Waals surface area (Å²) in [6.07, 6.45) is 16.1. The lowest BCUT2D eigenvalue weighted by molar-refractivity contribution is -0.137. The van der Waals surface area contributed by atoms with Gasteiger partial charge in [-0.15, -0.1) is 0 Å². The molecule has 29 nitrogen and oxygen atoms in total. The smallest absolute Gasteiger partial charge is 0.407 e. The van der Waals surface area contributed by atoms with Gasteiger partial charge in [-0.2, -0.15) is 5.26 Å². The maximum atomic E-state index is 12.1. The Kier molecular flexibility index (Phi) is 54.6. The molecule has 0 radical (unpaired) electrons. The van der Waals surface area contributed by atoms with E-state index in [4.69, 9.17) is 24.6 Å². The van der Waals surface area contributed by atoms with Crippen molar-refractivity contribution in [1.82, 2.24) is 64.9 Å². The molecule has 139 heavy (non-hydrogen) atoms. The number of nitriles is 1. The number of aliphatic hydroxyl groups excluding tert-OH is 1. The van der Waals surface area contributed by atoms with Crippen molar-refractivity contribution in [3.05, 3.63) is 0 Å². The number of ether oxygens (including phenoxy) is 3. The summed E-state index contributed by atoms with van der Waals surface area (Å²) < 4.78 is 15.8. The molecule has 0 spiro atoms. The quantitative estimate of drug-likeness (QED) is 0.133. The number of carbonyl (C=O) groups excluding carboxylic acids is 11. The van der Waals surface area contributed by atoms with Crippen molar-refractivity contribution >= 4 is 65.4 Å². The van der Waals surface area contributed by atoms with E-state index in [2.05, 4.69) is 221 Å². The number of likely N-dealkylation sites (tertiary alicyclic amines) is 7. The number of piperazine rings is 2. The van der Waals surface area contributed by atoms with Crippen molar-refractivity contribution in [2.75, 3.05) is 158 Å². The summed E-state index contributed by atoms with van der Waals surface area (Å²) >= 11 is 0. The predicted molar refractivity (Wildman–Crippen MR) is 562 cm³/mol. The molecule has 0 saturated carbocycles. The Morgan fingerprint density at radius 3 is 0.993 bits per heavy atom. The highest BCUT2D eigenvalue weighted by Gasteiger charge is 2.38. The molecule has 6 atom stereocenters. The topological polar surface area (TPSA) is 328 Å². The number of likely N-dealkylation sites (N-methyl/N-ethyl adjacent to an activating group) is 1. The molecule has 0 aromatic heterocycles. The number of methoxy groups -OCH3 is 1. The van der Waals surface area contributed by atoms with Crippen LogP contribution in [0.3, 0.4) is 0 Å². The van der Waals surface area contributed by atoms with E-state index in [0.717, 1.165) is 169 Å². The first-order chi connectivity index (χ1) is 63.2. The van der Waals surface area contributed by atoms with E-state index >= 15 is 0 Å². The van der Waals surface area contributed by atoms with Crippen LogP contribution in [0.1, 0.15) is 378 Å². The van der Waals surface area contributed by atoms with E-state index in [1.807, 2.05) is 102 Å². The second-order valence-electron chi connectivity index (χ2n) is 54.5. The first-order valence-electron chi connectivity index (χ1n) is 52.6. The van der Waals surface area contributed by atoms with Crippen LogP contribution in [0.5, 0.6) is 0 Å². The zero-order chi connectivity index (χ0) is 107. The van der Waals surface area contributed by atoms with E-state index in [-0.39, 0.29) is 109 Å². The molecule has 808 valence electrons. The number of nitrogens with zero attached hydrogens (tertiary/aromatic N) is 11. The molecule has 9 saturated heterocycles. The van der Waals surface area contributed by atoms with Gasteiger partial charge < -0.3 is 84.3 Å². The molecule has 0 aliphatic carbocycles. The van der Waals surface area contributed by atoms with Crippen molar-refractivity contribution in [1.29, 1.82) is 5.26 Å². The minimum atomic E-state index is -0.496. The second-order valence-corrected chi connectivity index (χ2v) is 54.5. The van der Waals surface area contributed by atoms with Gasteiger partial charge in [0.25, 0.3) is 0 Å². The average Bonchev–Trinajstić information content (AvgIpc) is 1.67. The number of amides is 11. The number of nitrogens with one attached hydrogen (secondary N) is 3. The minimum Gasteiger partial charge on any atom is -0.444 e. The summed E-state index contributed by atoms with van der Waals surface area (Å²) in [6, 6.07) is 2.00. The van der Waals surface area contributed by atoms with Crippen LogP contribution in [0.15, 0.2) is 0 Å². The number of hydrogen-bond acceptors (Lipinski definition) is 18. The fourth-order valence-electron chi connectivity index (χ4n) is 16.9. The van der Waals surface area contributed by atoms with Gasteiger partial charge in [0.15, 0.2) is 0 Å². The highest BCUT2D eigenvalue weighted by atomic mass is 16.6. The van der Waals surface area contributed by atoms with Gasteiger partial charge in [0, 0.05) is 209 Å². The summed E-state index contributed by atoms with van der Waals surface area (Å²) in [5, 5.41) is 26.8. The molecule has 9 fully saturated rings. The second kappa shape index (κ2) is 58.3. The molecule has 4 unspecified atom stereocenters. The van der Waals surface area contributed by atoms with Crippen LogP contribution < -0.4 is 16.0 Å². The van der Waals surface area contributed by atoms with Gasteiger partial charge in [0.1, 0.15) is 17.2 Å². The fraction of sp³-hybridized carbons (Fsp3) is 0.891. The molecule has 29 heteroatoms. The molecule has 0 aromatic rings. The number of alkyl carbamates (subject to hydrolysis) is 2. The first-order valence-corrected chi connectivity index (χ1v) is 52.6. The standard InChI is InChI=1S/2C15H28N2O3.2C12H23NO2.2C12H23NO.C11H22N2O.C11H18N2O.C10H20N2O/c2*1-14(2,3)9-12(18)17-8-7-11(10-17)16-13(19)20-15(4,5)6;1-12(2,3)8-11(14)13-7-5-6-10(9-13)15-4;1-12(2,3)7-11(15)13-6-4-5-10(8-13)9-14;1-11(2,3)8-10(14)13-7-6-12(4,5)9-13;1-10-6-5-7-13(9-10)11(14)8-12(2,3)4;1-11(2,3)9-10(14)13-7-5-12(4)6-8-13;1-11(2,3)7-10(14)13-6-4-5-9(13)8-12;1-10(2,3)8-9(13)12-6-4-11-5-7-12/h2*11H,7-10H2,1-6H3,(H,16,19);10H,5-9H2,1-4H3;10,14H,4-9H2,1-3H3;6-9H2,1-5H3;10H,5-9H2,1-4H3;5-9H2,1-4H3;9H,4-7H2,1-3H3;11H,4-8H2,1-3H3/t2*11-;;;;;;;/m10......./s1. The van der Waals surface area contributed by atoms with Gasteiger partial charge in [-0.3, -0.25) is 43.2 Å². The van der Waals surface area contributed by atoms with Crippen LogP contribution in [0, 0.1) is 77.3 Å².